The number of ketones is 2. The molecule has 0 amide bonds. The summed E-state index contributed by atoms with van der Waals surface area (Å²) < 4.78 is 0. The summed E-state index contributed by atoms with van der Waals surface area (Å²) in [5.41, 5.74) is -0.528. The molecule has 4 aliphatic carbocycles. The molecule has 0 saturated heterocycles. The molecule has 0 aliphatic heterocycles. The quantitative estimate of drug-likeness (QED) is 0.795. The number of rotatable bonds is 1. The minimum atomic E-state index is -0.653. The van der Waals surface area contributed by atoms with Gasteiger partial charge in [-0.1, -0.05) is 6.92 Å². The van der Waals surface area contributed by atoms with Crippen LogP contribution in [0.15, 0.2) is 0 Å². The molecule has 0 aromatic carbocycles. The monoisotopic (exact) mass is 332 g/mol. The van der Waals surface area contributed by atoms with Crippen molar-refractivity contribution in [1.29, 1.82) is 0 Å². The molecule has 8 atom stereocenters. The van der Waals surface area contributed by atoms with E-state index in [0.717, 1.165) is 32.1 Å². The third kappa shape index (κ3) is 2.34. The standard InChI is InChI=1S/C21H32O3/c1-12(22)17-4-5-18-15-10-19(23)16-11-20(2,24)8-6-14(16)13(15)7-9-21(17,18)3/h13-18,24H,4-11H2,1-3H3/t13-,14-,15-,16+,17-,18+,20+,21-/m1/s1. The highest BCUT2D eigenvalue weighted by Gasteiger charge is 2.59. The van der Waals surface area contributed by atoms with Gasteiger partial charge in [-0.25, -0.2) is 0 Å². The maximum atomic E-state index is 12.9. The summed E-state index contributed by atoms with van der Waals surface area (Å²) in [5.74, 6) is 3.23. The van der Waals surface area contributed by atoms with E-state index >= 15 is 0 Å². The van der Waals surface area contributed by atoms with Crippen molar-refractivity contribution in [3.8, 4) is 0 Å². The van der Waals surface area contributed by atoms with E-state index in [1.54, 1.807) is 6.92 Å². The Labute approximate surface area is 145 Å². The van der Waals surface area contributed by atoms with Crippen LogP contribution in [0.4, 0.5) is 0 Å². The molecule has 4 saturated carbocycles. The lowest BCUT2D eigenvalue weighted by molar-refractivity contribution is -0.149. The first-order chi connectivity index (χ1) is 11.2. The normalized spacial score (nSPS) is 53.9. The predicted octanol–water partition coefficient (Wildman–Crippen LogP) is 3.77. The van der Waals surface area contributed by atoms with Gasteiger partial charge in [-0.05, 0) is 87.9 Å². The van der Waals surface area contributed by atoms with Crippen molar-refractivity contribution in [2.75, 3.05) is 0 Å². The Bertz CT molecular complexity index is 565. The molecule has 0 unspecified atom stereocenters. The Balaban J connectivity index is 1.61. The van der Waals surface area contributed by atoms with Crippen molar-refractivity contribution in [2.45, 2.75) is 77.7 Å². The van der Waals surface area contributed by atoms with Gasteiger partial charge in [0.1, 0.15) is 11.6 Å². The maximum Gasteiger partial charge on any atom is 0.136 e. The largest absolute Gasteiger partial charge is 0.390 e. The van der Waals surface area contributed by atoms with Crippen LogP contribution in [0.3, 0.4) is 0 Å². The average molecular weight is 332 g/mol. The zero-order valence-corrected chi connectivity index (χ0v) is 15.4. The fourth-order valence-corrected chi connectivity index (χ4v) is 7.46. The number of aliphatic hydroxyl groups is 1. The van der Waals surface area contributed by atoms with E-state index in [1.165, 1.54) is 6.42 Å². The van der Waals surface area contributed by atoms with Gasteiger partial charge in [-0.2, -0.15) is 0 Å². The molecular formula is C21H32O3. The molecule has 24 heavy (non-hydrogen) atoms. The Morgan fingerprint density at radius 1 is 1.04 bits per heavy atom. The minimum absolute atomic E-state index is 0.0874. The summed E-state index contributed by atoms with van der Waals surface area (Å²) in [5, 5.41) is 10.4. The van der Waals surface area contributed by atoms with E-state index in [4.69, 9.17) is 0 Å². The zero-order valence-electron chi connectivity index (χ0n) is 15.4. The van der Waals surface area contributed by atoms with Gasteiger partial charge in [0.25, 0.3) is 0 Å². The van der Waals surface area contributed by atoms with E-state index in [9.17, 15) is 14.7 Å². The van der Waals surface area contributed by atoms with Gasteiger partial charge in [-0.15, -0.1) is 0 Å². The topological polar surface area (TPSA) is 54.4 Å². The third-order valence-electron chi connectivity index (χ3n) is 8.58. The Morgan fingerprint density at radius 3 is 2.46 bits per heavy atom. The van der Waals surface area contributed by atoms with Crippen molar-refractivity contribution in [1.82, 2.24) is 0 Å². The molecule has 0 spiro atoms. The lowest BCUT2D eigenvalue weighted by Gasteiger charge is -2.56. The molecule has 0 radical (unpaired) electrons. The van der Waals surface area contributed by atoms with E-state index < -0.39 is 5.60 Å². The summed E-state index contributed by atoms with van der Waals surface area (Å²) in [6, 6.07) is 0. The Morgan fingerprint density at radius 2 is 1.75 bits per heavy atom. The first-order valence-electron chi connectivity index (χ1n) is 9.98. The molecular weight excluding hydrogens is 300 g/mol. The number of Topliss-reactive ketones (excluding diaryl/α,β-unsaturated/α-hetero) is 2. The molecule has 0 bridgehead atoms. The van der Waals surface area contributed by atoms with Crippen LogP contribution in [0, 0.1) is 40.9 Å². The van der Waals surface area contributed by atoms with E-state index in [1.807, 2.05) is 6.92 Å². The van der Waals surface area contributed by atoms with Crippen LogP contribution in [0.1, 0.15) is 72.1 Å². The van der Waals surface area contributed by atoms with Crippen molar-refractivity contribution < 1.29 is 14.7 Å². The molecule has 3 nitrogen and oxygen atoms in total. The first kappa shape index (κ1) is 16.8. The molecule has 3 heteroatoms. The van der Waals surface area contributed by atoms with Crippen LogP contribution < -0.4 is 0 Å². The Hall–Kier alpha value is -0.700. The number of hydrogen-bond donors (Lipinski definition) is 1. The molecule has 4 fully saturated rings. The highest BCUT2D eigenvalue weighted by Crippen LogP contribution is 2.64. The lowest BCUT2D eigenvalue weighted by atomic mass is 9.48. The third-order valence-corrected chi connectivity index (χ3v) is 8.58. The second-order valence-corrected chi connectivity index (χ2v) is 9.90. The molecule has 1 N–H and O–H groups in total. The highest BCUT2D eigenvalue weighted by molar-refractivity contribution is 5.83. The van der Waals surface area contributed by atoms with E-state index in [2.05, 4.69) is 6.92 Å². The summed E-state index contributed by atoms with van der Waals surface area (Å²) in [6.45, 7) is 5.99. The smallest absolute Gasteiger partial charge is 0.136 e. The highest BCUT2D eigenvalue weighted by atomic mass is 16.3. The zero-order chi connectivity index (χ0) is 17.3. The van der Waals surface area contributed by atoms with E-state index in [0.29, 0.717) is 48.1 Å². The number of carbonyl (C=O) groups excluding carboxylic acids is 2. The van der Waals surface area contributed by atoms with Gasteiger partial charge < -0.3 is 5.11 Å². The van der Waals surface area contributed by atoms with Crippen LogP contribution in [0.2, 0.25) is 0 Å². The van der Waals surface area contributed by atoms with Gasteiger partial charge >= 0.3 is 0 Å². The predicted molar refractivity (Wildman–Crippen MR) is 92.3 cm³/mol. The van der Waals surface area contributed by atoms with Gasteiger partial charge in [0.15, 0.2) is 0 Å². The number of carbonyl (C=O) groups is 2. The fourth-order valence-electron chi connectivity index (χ4n) is 7.46. The first-order valence-corrected chi connectivity index (χ1v) is 9.98. The average Bonchev–Trinajstić information content (AvgIpc) is 2.85. The van der Waals surface area contributed by atoms with Crippen LogP contribution in [-0.2, 0) is 9.59 Å². The Kier molecular flexibility index (Phi) is 3.77. The van der Waals surface area contributed by atoms with Gasteiger partial charge in [-0.3, -0.25) is 9.59 Å². The van der Waals surface area contributed by atoms with Gasteiger partial charge in [0.2, 0.25) is 0 Å². The molecule has 4 aliphatic rings. The van der Waals surface area contributed by atoms with Crippen molar-refractivity contribution >= 4 is 11.6 Å². The molecule has 0 heterocycles. The van der Waals surface area contributed by atoms with Crippen LogP contribution in [-0.4, -0.2) is 22.3 Å². The second-order valence-electron chi connectivity index (χ2n) is 9.90. The summed E-state index contributed by atoms with van der Waals surface area (Å²) >= 11 is 0. The second kappa shape index (κ2) is 5.40. The number of fused-ring (bicyclic) bond motifs is 5. The SMILES string of the molecule is CC(=O)[C@H]1CC[C@H]2[C@@H]3CC(=O)[C@H]4C[C@@](C)(O)CC[C@@H]4[C@H]3CC[C@]12C. The molecule has 0 aromatic heterocycles. The number of hydrogen-bond acceptors (Lipinski definition) is 3. The van der Waals surface area contributed by atoms with Gasteiger partial charge in [0, 0.05) is 18.3 Å². The summed E-state index contributed by atoms with van der Waals surface area (Å²) in [7, 11) is 0. The summed E-state index contributed by atoms with van der Waals surface area (Å²) in [4.78, 5) is 25.0. The fraction of sp³-hybridized carbons (Fsp3) is 0.905. The van der Waals surface area contributed by atoms with Crippen molar-refractivity contribution in [3.05, 3.63) is 0 Å². The molecule has 0 aromatic rings. The molecule has 4 rings (SSSR count). The van der Waals surface area contributed by atoms with Crippen LogP contribution >= 0.6 is 0 Å². The molecule has 134 valence electrons. The van der Waals surface area contributed by atoms with Crippen LogP contribution in [0.5, 0.6) is 0 Å². The maximum absolute atomic E-state index is 12.9. The lowest BCUT2D eigenvalue weighted by Crippen LogP contribution is -2.53. The van der Waals surface area contributed by atoms with E-state index in [-0.39, 0.29) is 17.3 Å². The minimum Gasteiger partial charge on any atom is -0.390 e. The van der Waals surface area contributed by atoms with Crippen molar-refractivity contribution in [3.63, 3.8) is 0 Å². The van der Waals surface area contributed by atoms with Crippen LogP contribution in [0.25, 0.3) is 0 Å². The van der Waals surface area contributed by atoms with Gasteiger partial charge in [0.05, 0.1) is 5.60 Å². The summed E-state index contributed by atoms with van der Waals surface area (Å²) in [6.07, 6.45) is 7.69. The van der Waals surface area contributed by atoms with Crippen molar-refractivity contribution in [2.24, 2.45) is 40.9 Å².